The van der Waals surface area contributed by atoms with Crippen LogP contribution in [0.1, 0.15) is 11.1 Å². The maximum absolute atomic E-state index is 9.10. The summed E-state index contributed by atoms with van der Waals surface area (Å²) in [4.78, 5) is 22.8. The van der Waals surface area contributed by atoms with Crippen molar-refractivity contribution in [1.29, 1.82) is 0 Å². The Balaban J connectivity index is 0.000000454. The van der Waals surface area contributed by atoms with Crippen LogP contribution in [0.5, 0.6) is 11.5 Å². The van der Waals surface area contributed by atoms with Gasteiger partial charge in [-0.05, 0) is 30.7 Å². The Bertz CT molecular complexity index is 1110. The highest BCUT2D eigenvalue weighted by Gasteiger charge is 2.17. The van der Waals surface area contributed by atoms with Gasteiger partial charge in [-0.3, -0.25) is 0 Å². The first-order valence-electron chi connectivity index (χ1n) is 10.1. The molecule has 0 spiro atoms. The van der Waals surface area contributed by atoms with Gasteiger partial charge >= 0.3 is 11.9 Å². The SMILES string of the molecule is COCCn1c(-c2ccc3c(c2)OCO3)cnc1NCc1cccc(C)c1.O=C(O)C(=O)O. The summed E-state index contributed by atoms with van der Waals surface area (Å²) in [6.45, 7) is 4.39. The third-order valence-electron chi connectivity index (χ3n) is 4.76. The molecule has 0 bridgehead atoms. The summed E-state index contributed by atoms with van der Waals surface area (Å²) in [5.41, 5.74) is 4.52. The first-order chi connectivity index (χ1) is 15.9. The molecule has 0 aliphatic carbocycles. The van der Waals surface area contributed by atoms with E-state index in [9.17, 15) is 0 Å². The van der Waals surface area contributed by atoms with Crippen LogP contribution in [0.25, 0.3) is 11.3 Å². The molecule has 2 heterocycles. The average molecular weight is 455 g/mol. The summed E-state index contributed by atoms with van der Waals surface area (Å²) in [5.74, 6) is -1.29. The molecule has 10 nitrogen and oxygen atoms in total. The van der Waals surface area contributed by atoms with Crippen LogP contribution in [0, 0.1) is 6.92 Å². The zero-order valence-electron chi connectivity index (χ0n) is 18.3. The van der Waals surface area contributed by atoms with Gasteiger partial charge < -0.3 is 34.3 Å². The van der Waals surface area contributed by atoms with Crippen LogP contribution in [0.3, 0.4) is 0 Å². The Hall–Kier alpha value is -4.05. The van der Waals surface area contributed by atoms with Gasteiger partial charge in [-0.15, -0.1) is 0 Å². The average Bonchev–Trinajstić information content (AvgIpc) is 3.42. The number of methoxy groups -OCH3 is 1. The predicted octanol–water partition coefficient (Wildman–Crippen LogP) is 3.00. The molecule has 0 atom stereocenters. The molecule has 2 aromatic carbocycles. The molecule has 0 amide bonds. The van der Waals surface area contributed by atoms with E-state index in [1.165, 1.54) is 11.1 Å². The monoisotopic (exact) mass is 455 g/mol. The van der Waals surface area contributed by atoms with Crippen LogP contribution in [-0.2, 0) is 27.4 Å². The van der Waals surface area contributed by atoms with Gasteiger partial charge in [0.15, 0.2) is 11.5 Å². The van der Waals surface area contributed by atoms with Gasteiger partial charge in [0.2, 0.25) is 12.7 Å². The molecule has 0 saturated carbocycles. The van der Waals surface area contributed by atoms with E-state index in [0.29, 0.717) is 19.7 Å². The number of carboxylic acid groups (broad SMARTS) is 2. The number of carbonyl (C=O) groups is 2. The number of hydrogen-bond donors (Lipinski definition) is 3. The molecule has 3 aromatic rings. The number of aromatic nitrogens is 2. The van der Waals surface area contributed by atoms with Gasteiger partial charge in [-0.1, -0.05) is 29.8 Å². The number of carboxylic acids is 2. The molecule has 0 saturated heterocycles. The molecule has 10 heteroatoms. The summed E-state index contributed by atoms with van der Waals surface area (Å²) < 4.78 is 18.4. The lowest BCUT2D eigenvalue weighted by Gasteiger charge is -2.13. The molecular formula is C23H25N3O7. The van der Waals surface area contributed by atoms with E-state index in [1.807, 2.05) is 24.4 Å². The smallest absolute Gasteiger partial charge is 0.414 e. The molecule has 1 aromatic heterocycles. The van der Waals surface area contributed by atoms with Crippen LogP contribution < -0.4 is 14.8 Å². The number of hydrogen-bond acceptors (Lipinski definition) is 7. The molecule has 174 valence electrons. The molecule has 1 aliphatic rings. The largest absolute Gasteiger partial charge is 0.473 e. The highest BCUT2D eigenvalue weighted by molar-refractivity contribution is 6.27. The first kappa shape index (κ1) is 23.6. The Labute approximate surface area is 190 Å². The van der Waals surface area contributed by atoms with Gasteiger partial charge in [0.1, 0.15) is 0 Å². The summed E-state index contributed by atoms with van der Waals surface area (Å²) in [6, 6.07) is 14.4. The number of benzene rings is 2. The summed E-state index contributed by atoms with van der Waals surface area (Å²) >= 11 is 0. The van der Waals surface area contributed by atoms with Crippen LogP contribution >= 0.6 is 0 Å². The van der Waals surface area contributed by atoms with Crippen molar-refractivity contribution in [2.45, 2.75) is 20.0 Å². The molecular weight excluding hydrogens is 430 g/mol. The third-order valence-corrected chi connectivity index (χ3v) is 4.76. The lowest BCUT2D eigenvalue weighted by molar-refractivity contribution is -0.159. The fourth-order valence-corrected chi connectivity index (χ4v) is 3.22. The van der Waals surface area contributed by atoms with Crippen molar-refractivity contribution in [2.24, 2.45) is 0 Å². The Kier molecular flexibility index (Phi) is 7.87. The fraction of sp³-hybridized carbons (Fsp3) is 0.261. The van der Waals surface area contributed by atoms with E-state index >= 15 is 0 Å². The predicted molar refractivity (Wildman–Crippen MR) is 119 cm³/mol. The first-order valence-corrected chi connectivity index (χ1v) is 10.1. The molecule has 4 rings (SSSR count). The molecule has 0 fully saturated rings. The van der Waals surface area contributed by atoms with Crippen LogP contribution in [0.15, 0.2) is 48.7 Å². The van der Waals surface area contributed by atoms with Crippen molar-refractivity contribution in [3.05, 3.63) is 59.8 Å². The van der Waals surface area contributed by atoms with Gasteiger partial charge in [0.05, 0.1) is 18.5 Å². The quantitative estimate of drug-likeness (QED) is 0.460. The molecule has 1 aliphatic heterocycles. The van der Waals surface area contributed by atoms with Crippen molar-refractivity contribution in [3.63, 3.8) is 0 Å². The van der Waals surface area contributed by atoms with E-state index in [4.69, 9.17) is 34.0 Å². The molecule has 3 N–H and O–H groups in total. The number of nitrogens with zero attached hydrogens (tertiary/aromatic N) is 2. The standard InChI is InChI=1S/C21H23N3O3.C2H2O4/c1-15-4-3-5-16(10-15)12-22-21-23-13-18(24(21)8-9-25-2)17-6-7-19-20(11-17)27-14-26-19;3-1(4)2(5)6/h3-7,10-11,13H,8-9,12,14H2,1-2H3,(H,22,23);(H,3,4)(H,5,6). The maximum Gasteiger partial charge on any atom is 0.414 e. The van der Waals surface area contributed by atoms with Crippen molar-refractivity contribution in [2.75, 3.05) is 25.8 Å². The van der Waals surface area contributed by atoms with Crippen molar-refractivity contribution in [1.82, 2.24) is 9.55 Å². The summed E-state index contributed by atoms with van der Waals surface area (Å²) in [5, 5.41) is 18.2. The van der Waals surface area contributed by atoms with Crippen molar-refractivity contribution < 1.29 is 34.0 Å². The Morgan fingerprint density at radius 3 is 2.58 bits per heavy atom. The zero-order valence-corrected chi connectivity index (χ0v) is 18.3. The number of imidazole rings is 1. The number of aliphatic carboxylic acids is 2. The third kappa shape index (κ3) is 6.23. The number of aryl methyl sites for hydroxylation is 1. The minimum Gasteiger partial charge on any atom is -0.473 e. The van der Waals surface area contributed by atoms with Gasteiger partial charge in [0, 0.05) is 25.8 Å². The van der Waals surface area contributed by atoms with E-state index in [2.05, 4.69) is 46.1 Å². The Morgan fingerprint density at radius 1 is 1.12 bits per heavy atom. The van der Waals surface area contributed by atoms with E-state index in [0.717, 1.165) is 28.7 Å². The topological polar surface area (TPSA) is 132 Å². The lowest BCUT2D eigenvalue weighted by atomic mass is 10.1. The number of ether oxygens (including phenoxy) is 3. The van der Waals surface area contributed by atoms with Crippen molar-refractivity contribution in [3.8, 4) is 22.8 Å². The van der Waals surface area contributed by atoms with Gasteiger partial charge in [-0.25, -0.2) is 14.6 Å². The van der Waals surface area contributed by atoms with Crippen LogP contribution in [0.2, 0.25) is 0 Å². The van der Waals surface area contributed by atoms with E-state index in [1.54, 1.807) is 7.11 Å². The second-order valence-electron chi connectivity index (χ2n) is 7.13. The lowest BCUT2D eigenvalue weighted by Crippen LogP contribution is -2.11. The van der Waals surface area contributed by atoms with Gasteiger partial charge in [-0.2, -0.15) is 0 Å². The minimum absolute atomic E-state index is 0.269. The van der Waals surface area contributed by atoms with Crippen LogP contribution in [-0.4, -0.2) is 52.2 Å². The number of fused-ring (bicyclic) bond motifs is 1. The second-order valence-corrected chi connectivity index (χ2v) is 7.13. The van der Waals surface area contributed by atoms with E-state index in [-0.39, 0.29) is 6.79 Å². The van der Waals surface area contributed by atoms with E-state index < -0.39 is 11.9 Å². The number of rotatable bonds is 7. The molecule has 0 unspecified atom stereocenters. The molecule has 0 radical (unpaired) electrons. The van der Waals surface area contributed by atoms with Crippen molar-refractivity contribution >= 4 is 17.9 Å². The van der Waals surface area contributed by atoms with Gasteiger partial charge in [0.25, 0.3) is 0 Å². The maximum atomic E-state index is 9.10. The normalized spacial score (nSPS) is 11.5. The second kappa shape index (κ2) is 11.0. The summed E-state index contributed by atoms with van der Waals surface area (Å²) in [7, 11) is 1.71. The minimum atomic E-state index is -1.82. The molecule has 33 heavy (non-hydrogen) atoms. The number of nitrogens with one attached hydrogen (secondary N) is 1. The summed E-state index contributed by atoms with van der Waals surface area (Å²) in [6.07, 6.45) is 1.88. The fourth-order valence-electron chi connectivity index (χ4n) is 3.22. The Morgan fingerprint density at radius 2 is 1.88 bits per heavy atom. The highest BCUT2D eigenvalue weighted by Crippen LogP contribution is 2.36. The van der Waals surface area contributed by atoms with Crippen LogP contribution in [0.4, 0.5) is 5.95 Å². The highest BCUT2D eigenvalue weighted by atomic mass is 16.7. The number of anilines is 1. The zero-order chi connectivity index (χ0) is 23.8.